The smallest absolute Gasteiger partial charge is 0.234 e. The van der Waals surface area contributed by atoms with Gasteiger partial charge in [0.2, 0.25) is 5.91 Å². The van der Waals surface area contributed by atoms with Crippen LogP contribution in [0.15, 0.2) is 24.3 Å². The van der Waals surface area contributed by atoms with Gasteiger partial charge in [0.05, 0.1) is 6.54 Å². The molecule has 1 aliphatic carbocycles. The number of likely N-dealkylation sites (N-methyl/N-ethyl adjacent to an activating group) is 1. The van der Waals surface area contributed by atoms with E-state index in [1.165, 1.54) is 49.9 Å². The van der Waals surface area contributed by atoms with Crippen LogP contribution in [-0.2, 0) is 17.9 Å². The topological polar surface area (TPSA) is 35.6 Å². The number of nitrogens with one attached hydrogen (secondary N) is 1. The maximum absolute atomic E-state index is 12.0. The van der Waals surface area contributed by atoms with Gasteiger partial charge in [-0.2, -0.15) is 0 Å². The molecule has 1 amide bonds. The van der Waals surface area contributed by atoms with Crippen molar-refractivity contribution in [3.8, 4) is 0 Å². The quantitative estimate of drug-likeness (QED) is 0.835. The summed E-state index contributed by atoms with van der Waals surface area (Å²) in [5.41, 5.74) is 2.54. The van der Waals surface area contributed by atoms with E-state index >= 15 is 0 Å². The molecule has 4 heteroatoms. The predicted octanol–water partition coefficient (Wildman–Crippen LogP) is 2.63. The Morgan fingerprint density at radius 2 is 1.75 bits per heavy atom. The molecule has 1 saturated carbocycles. The van der Waals surface area contributed by atoms with Gasteiger partial charge in [-0.3, -0.25) is 14.6 Å². The first-order valence-corrected chi connectivity index (χ1v) is 9.37. The first-order valence-electron chi connectivity index (χ1n) is 9.37. The normalized spacial score (nSPS) is 19.6. The Morgan fingerprint density at radius 1 is 1.12 bits per heavy atom. The van der Waals surface area contributed by atoms with Crippen molar-refractivity contribution in [2.75, 3.05) is 26.7 Å². The monoisotopic (exact) mass is 329 g/mol. The number of piperidine rings is 1. The molecule has 132 valence electrons. The van der Waals surface area contributed by atoms with E-state index in [0.29, 0.717) is 19.1 Å². The van der Waals surface area contributed by atoms with Gasteiger partial charge in [0.1, 0.15) is 0 Å². The molecular weight excluding hydrogens is 298 g/mol. The Balaban J connectivity index is 1.40. The molecule has 4 nitrogen and oxygen atoms in total. The molecule has 0 radical (unpaired) electrons. The van der Waals surface area contributed by atoms with Crippen LogP contribution in [0.3, 0.4) is 0 Å². The zero-order valence-corrected chi connectivity index (χ0v) is 15.1. The third kappa shape index (κ3) is 5.32. The van der Waals surface area contributed by atoms with Gasteiger partial charge >= 0.3 is 0 Å². The van der Waals surface area contributed by atoms with Crippen molar-refractivity contribution in [3.63, 3.8) is 0 Å². The molecule has 1 aromatic carbocycles. The molecule has 1 N–H and O–H groups in total. The fourth-order valence-electron chi connectivity index (χ4n) is 3.37. The molecule has 0 unspecified atom stereocenters. The van der Waals surface area contributed by atoms with Crippen LogP contribution in [0, 0.1) is 5.92 Å². The van der Waals surface area contributed by atoms with E-state index in [1.807, 2.05) is 7.05 Å². The third-order valence-corrected chi connectivity index (χ3v) is 5.36. The summed E-state index contributed by atoms with van der Waals surface area (Å²) < 4.78 is 0. The maximum Gasteiger partial charge on any atom is 0.234 e. The Morgan fingerprint density at radius 3 is 2.38 bits per heavy atom. The second-order valence-corrected chi connectivity index (χ2v) is 7.70. The number of carbonyl (C=O) groups is 1. The summed E-state index contributed by atoms with van der Waals surface area (Å²) in [6, 6.07) is 9.33. The van der Waals surface area contributed by atoms with Crippen LogP contribution in [-0.4, -0.2) is 48.4 Å². The highest BCUT2D eigenvalue weighted by molar-refractivity contribution is 5.78. The van der Waals surface area contributed by atoms with E-state index < -0.39 is 0 Å². The summed E-state index contributed by atoms with van der Waals surface area (Å²) in [5, 5.41) is 3.03. The van der Waals surface area contributed by atoms with Crippen LogP contribution >= 0.6 is 0 Å². The molecule has 1 heterocycles. The van der Waals surface area contributed by atoms with Crippen molar-refractivity contribution in [1.82, 2.24) is 15.1 Å². The summed E-state index contributed by atoms with van der Waals surface area (Å²) in [4.78, 5) is 16.7. The average molecular weight is 329 g/mol. The standard InChI is InChI=1S/C20H31N3O/c1-16-9-11-23(12-10-16)14-18-5-3-17(4-6-18)13-21-20(24)15-22(2)19-7-8-19/h3-6,16,19H,7-15H2,1-2H3,(H,21,24). The lowest BCUT2D eigenvalue weighted by atomic mass is 9.99. The van der Waals surface area contributed by atoms with Crippen LogP contribution in [0.1, 0.15) is 43.7 Å². The number of carbonyl (C=O) groups excluding carboxylic acids is 1. The number of likely N-dealkylation sites (tertiary alicyclic amines) is 1. The molecule has 1 aromatic rings. The molecule has 2 fully saturated rings. The van der Waals surface area contributed by atoms with E-state index in [-0.39, 0.29) is 5.91 Å². The highest BCUT2D eigenvalue weighted by atomic mass is 16.2. The Bertz CT molecular complexity index is 530. The van der Waals surface area contributed by atoms with Crippen molar-refractivity contribution in [1.29, 1.82) is 0 Å². The molecule has 0 aromatic heterocycles. The third-order valence-electron chi connectivity index (χ3n) is 5.36. The Labute approximate surface area is 146 Å². The number of amides is 1. The van der Waals surface area contributed by atoms with Gasteiger partial charge in [0, 0.05) is 19.1 Å². The van der Waals surface area contributed by atoms with Gasteiger partial charge in [-0.1, -0.05) is 31.2 Å². The van der Waals surface area contributed by atoms with Gasteiger partial charge < -0.3 is 5.32 Å². The lowest BCUT2D eigenvalue weighted by molar-refractivity contribution is -0.122. The van der Waals surface area contributed by atoms with E-state index in [0.717, 1.165) is 12.5 Å². The lowest BCUT2D eigenvalue weighted by Gasteiger charge is -2.30. The zero-order chi connectivity index (χ0) is 16.9. The molecular formula is C20H31N3O. The van der Waals surface area contributed by atoms with E-state index in [4.69, 9.17) is 0 Å². The minimum absolute atomic E-state index is 0.121. The minimum Gasteiger partial charge on any atom is -0.351 e. The summed E-state index contributed by atoms with van der Waals surface area (Å²) in [7, 11) is 2.04. The van der Waals surface area contributed by atoms with Crippen LogP contribution in [0.25, 0.3) is 0 Å². The van der Waals surface area contributed by atoms with Crippen molar-refractivity contribution >= 4 is 5.91 Å². The average Bonchev–Trinajstić information content (AvgIpc) is 3.41. The molecule has 0 atom stereocenters. The van der Waals surface area contributed by atoms with Crippen molar-refractivity contribution in [3.05, 3.63) is 35.4 Å². The number of hydrogen-bond acceptors (Lipinski definition) is 3. The fraction of sp³-hybridized carbons (Fsp3) is 0.650. The first kappa shape index (κ1) is 17.4. The summed E-state index contributed by atoms with van der Waals surface area (Å²) >= 11 is 0. The van der Waals surface area contributed by atoms with E-state index in [1.54, 1.807) is 0 Å². The second kappa shape index (κ2) is 8.13. The van der Waals surface area contributed by atoms with Crippen LogP contribution < -0.4 is 5.32 Å². The predicted molar refractivity (Wildman–Crippen MR) is 97.6 cm³/mol. The highest BCUT2D eigenvalue weighted by Gasteiger charge is 2.27. The molecule has 1 saturated heterocycles. The van der Waals surface area contributed by atoms with Gasteiger partial charge in [-0.15, -0.1) is 0 Å². The summed E-state index contributed by atoms with van der Waals surface area (Å²) in [5.74, 6) is 1.00. The number of hydrogen-bond donors (Lipinski definition) is 1. The van der Waals surface area contributed by atoms with Crippen LogP contribution in [0.5, 0.6) is 0 Å². The fourth-order valence-corrected chi connectivity index (χ4v) is 3.37. The molecule has 1 aliphatic heterocycles. The van der Waals surface area contributed by atoms with E-state index in [2.05, 4.69) is 46.3 Å². The molecule has 0 bridgehead atoms. The van der Waals surface area contributed by atoms with Crippen molar-refractivity contribution in [2.45, 2.75) is 51.7 Å². The second-order valence-electron chi connectivity index (χ2n) is 7.70. The number of nitrogens with zero attached hydrogens (tertiary/aromatic N) is 2. The SMILES string of the molecule is CC1CCN(Cc2ccc(CNC(=O)CN(C)C3CC3)cc2)CC1. The van der Waals surface area contributed by atoms with E-state index in [9.17, 15) is 4.79 Å². The van der Waals surface area contributed by atoms with Crippen molar-refractivity contribution < 1.29 is 4.79 Å². The van der Waals surface area contributed by atoms with Crippen LogP contribution in [0.4, 0.5) is 0 Å². The molecule has 0 spiro atoms. The highest BCUT2D eigenvalue weighted by Crippen LogP contribution is 2.24. The van der Waals surface area contributed by atoms with Gasteiger partial charge in [-0.25, -0.2) is 0 Å². The summed E-state index contributed by atoms with van der Waals surface area (Å²) in [6.45, 7) is 6.96. The minimum atomic E-state index is 0.121. The number of rotatable bonds is 7. The lowest BCUT2D eigenvalue weighted by Crippen LogP contribution is -2.35. The molecule has 3 rings (SSSR count). The van der Waals surface area contributed by atoms with Gasteiger partial charge in [0.15, 0.2) is 0 Å². The molecule has 2 aliphatic rings. The Hall–Kier alpha value is -1.39. The van der Waals surface area contributed by atoms with Crippen molar-refractivity contribution in [2.24, 2.45) is 5.92 Å². The largest absolute Gasteiger partial charge is 0.351 e. The number of benzene rings is 1. The first-order chi connectivity index (χ1) is 11.6. The molecule has 24 heavy (non-hydrogen) atoms. The van der Waals surface area contributed by atoms with Gasteiger partial charge in [-0.05, 0) is 62.9 Å². The van der Waals surface area contributed by atoms with Crippen LogP contribution in [0.2, 0.25) is 0 Å². The maximum atomic E-state index is 12.0. The Kier molecular flexibility index (Phi) is 5.90. The summed E-state index contributed by atoms with van der Waals surface area (Å²) in [6.07, 6.45) is 5.11. The van der Waals surface area contributed by atoms with Gasteiger partial charge in [0.25, 0.3) is 0 Å². The zero-order valence-electron chi connectivity index (χ0n) is 15.1.